The molecule has 1 heterocycles. The van der Waals surface area contributed by atoms with Gasteiger partial charge in [-0.2, -0.15) is 10.5 Å². The Hall–Kier alpha value is -1.84. The molecule has 2 saturated carbocycles. The smallest absolute Gasteiger partial charge is 0.189 e. The molecule has 1 saturated heterocycles. The molecule has 0 amide bonds. The Morgan fingerprint density at radius 3 is 1.96 bits per heavy atom. The average Bonchev–Trinajstić information content (AvgIpc) is 2.68. The molecule has 0 aromatic heterocycles. The van der Waals surface area contributed by atoms with E-state index in [-0.39, 0.29) is 11.1 Å². The number of nitrogens with one attached hydrogen (secondary N) is 1. The van der Waals surface area contributed by atoms with Gasteiger partial charge in [-0.1, -0.05) is 43.2 Å². The first-order valence-electron chi connectivity index (χ1n) is 9.98. The van der Waals surface area contributed by atoms with Crippen molar-refractivity contribution in [1.82, 2.24) is 0 Å². The molecule has 4 rings (SSSR count). The predicted octanol–water partition coefficient (Wildman–Crippen LogP) is 3.38. The Bertz CT molecular complexity index is 660. The van der Waals surface area contributed by atoms with E-state index in [1.807, 2.05) is 6.07 Å². The number of nitriles is 2. The summed E-state index contributed by atoms with van der Waals surface area (Å²) in [6.07, 6.45) is 10.1. The van der Waals surface area contributed by atoms with Gasteiger partial charge < -0.3 is 0 Å². The van der Waals surface area contributed by atoms with Gasteiger partial charge in [-0.15, -0.1) is 0 Å². The normalized spacial score (nSPS) is 40.2. The van der Waals surface area contributed by atoms with Gasteiger partial charge in [-0.05, 0) is 32.1 Å². The lowest BCUT2D eigenvalue weighted by atomic mass is 9.57. The van der Waals surface area contributed by atoms with E-state index in [2.05, 4.69) is 36.4 Å². The molecule has 5 atom stereocenters. The molecule has 0 radical (unpaired) electrons. The fourth-order valence-electron chi connectivity index (χ4n) is 6.21. The monoisotopic (exact) mass is 334 g/mol. The first kappa shape index (κ1) is 16.6. The van der Waals surface area contributed by atoms with Crippen molar-refractivity contribution in [1.29, 1.82) is 10.5 Å². The van der Waals surface area contributed by atoms with Crippen molar-refractivity contribution in [2.75, 3.05) is 0 Å². The number of nitrogens with zero attached hydrogens (tertiary/aromatic N) is 2. The minimum Gasteiger partial charge on any atom is -0.297 e. The number of benzene rings is 1. The summed E-state index contributed by atoms with van der Waals surface area (Å²) in [5.74, 6) is 0.934. The van der Waals surface area contributed by atoms with Crippen molar-refractivity contribution in [3.05, 3.63) is 35.9 Å². The molecule has 3 fully saturated rings. The highest BCUT2D eigenvalue weighted by Gasteiger charge is 2.65. The van der Waals surface area contributed by atoms with E-state index in [0.717, 1.165) is 38.6 Å². The second-order valence-corrected chi connectivity index (χ2v) is 8.43. The van der Waals surface area contributed by atoms with Crippen LogP contribution in [0.5, 0.6) is 0 Å². The fraction of sp³-hybridized carbons (Fsp3) is 0.636. The van der Waals surface area contributed by atoms with E-state index in [4.69, 9.17) is 0 Å². The van der Waals surface area contributed by atoms with Gasteiger partial charge in [0, 0.05) is 30.2 Å². The molecular weight excluding hydrogens is 306 g/mol. The van der Waals surface area contributed by atoms with E-state index in [9.17, 15) is 10.5 Å². The summed E-state index contributed by atoms with van der Waals surface area (Å²) in [5, 5.41) is 20.7. The summed E-state index contributed by atoms with van der Waals surface area (Å²) in [5.41, 5.74) is 0.535. The van der Waals surface area contributed by atoms with Gasteiger partial charge in [0.15, 0.2) is 11.1 Å². The number of rotatable bonds is 2. The molecule has 25 heavy (non-hydrogen) atoms. The Morgan fingerprint density at radius 2 is 1.44 bits per heavy atom. The molecule has 3 aliphatic rings. The van der Waals surface area contributed by atoms with Gasteiger partial charge in [-0.25, -0.2) is 0 Å². The molecule has 0 spiro atoms. The highest BCUT2D eigenvalue weighted by molar-refractivity contribution is 5.20. The molecule has 1 aromatic carbocycles. The molecule has 130 valence electrons. The lowest BCUT2D eigenvalue weighted by Gasteiger charge is -2.58. The van der Waals surface area contributed by atoms with Crippen LogP contribution in [0.3, 0.4) is 0 Å². The zero-order chi connectivity index (χ0) is 17.3. The van der Waals surface area contributed by atoms with Crippen molar-refractivity contribution >= 4 is 0 Å². The first-order valence-corrected chi connectivity index (χ1v) is 9.98. The van der Waals surface area contributed by atoms with Crippen LogP contribution in [0.1, 0.15) is 63.4 Å². The third-order valence-corrected chi connectivity index (χ3v) is 7.41. The Kier molecular flexibility index (Phi) is 4.30. The minimum absolute atomic E-state index is 0.363. The van der Waals surface area contributed by atoms with E-state index in [1.165, 1.54) is 36.1 Å². The third-order valence-electron chi connectivity index (χ3n) is 7.41. The maximum absolute atomic E-state index is 10.3. The van der Waals surface area contributed by atoms with E-state index in [0.29, 0.717) is 11.8 Å². The summed E-state index contributed by atoms with van der Waals surface area (Å²) in [6.45, 7) is 0.814. The second-order valence-electron chi connectivity index (χ2n) is 8.43. The van der Waals surface area contributed by atoms with Gasteiger partial charge in [0.05, 0.1) is 0 Å². The van der Waals surface area contributed by atoms with Crippen molar-refractivity contribution in [2.45, 2.75) is 75.4 Å². The molecule has 0 bridgehead atoms. The highest BCUT2D eigenvalue weighted by atomic mass is 15.3. The SMILES string of the molecule is N#C[C@]12CCCC[C@@H]1C[C@H]1CCCC[C@@]1(C#N)[NH+]2Cc1ccccc1. The van der Waals surface area contributed by atoms with Crippen LogP contribution < -0.4 is 4.90 Å². The number of quaternary nitrogens is 1. The van der Waals surface area contributed by atoms with E-state index >= 15 is 0 Å². The number of hydrogen-bond acceptors (Lipinski definition) is 2. The molecule has 1 N–H and O–H groups in total. The number of likely N-dealkylation sites (tertiary alicyclic amines) is 1. The van der Waals surface area contributed by atoms with Crippen LogP contribution in [0.25, 0.3) is 0 Å². The number of fused-ring (bicyclic) bond motifs is 2. The van der Waals surface area contributed by atoms with Crippen LogP contribution in [0, 0.1) is 34.5 Å². The van der Waals surface area contributed by atoms with E-state index < -0.39 is 0 Å². The molecule has 1 aliphatic heterocycles. The van der Waals surface area contributed by atoms with E-state index in [1.54, 1.807) is 0 Å². The van der Waals surface area contributed by atoms with Crippen molar-refractivity contribution in [2.24, 2.45) is 11.8 Å². The second kappa shape index (κ2) is 6.47. The standard InChI is InChI=1S/C22H27N3/c23-16-21-12-6-4-10-19(21)14-20-11-5-7-13-22(20,17-24)25(21)15-18-8-2-1-3-9-18/h1-3,8-9,19-20H,4-7,10-15H2/p+1/t19-,20-,21-,22+/m1/s1. The summed E-state index contributed by atoms with van der Waals surface area (Å²) in [4.78, 5) is 1.29. The maximum atomic E-state index is 10.3. The van der Waals surface area contributed by atoms with Crippen LogP contribution in [-0.2, 0) is 6.54 Å². The van der Waals surface area contributed by atoms with Gasteiger partial charge in [0.25, 0.3) is 0 Å². The molecule has 3 nitrogen and oxygen atoms in total. The van der Waals surface area contributed by atoms with Gasteiger partial charge in [-0.3, -0.25) is 4.90 Å². The lowest BCUT2D eigenvalue weighted by Crippen LogP contribution is -3.28. The zero-order valence-electron chi connectivity index (χ0n) is 15.0. The van der Waals surface area contributed by atoms with Crippen LogP contribution >= 0.6 is 0 Å². The van der Waals surface area contributed by atoms with Crippen LogP contribution in [0.2, 0.25) is 0 Å². The summed E-state index contributed by atoms with van der Waals surface area (Å²) in [7, 11) is 0. The Labute approximate surface area is 151 Å². The quantitative estimate of drug-likeness (QED) is 0.901. The topological polar surface area (TPSA) is 52.0 Å². The van der Waals surface area contributed by atoms with Crippen LogP contribution in [0.15, 0.2) is 30.3 Å². The number of hydrogen-bond donors (Lipinski definition) is 1. The minimum atomic E-state index is -0.363. The Morgan fingerprint density at radius 1 is 0.880 bits per heavy atom. The largest absolute Gasteiger partial charge is 0.297 e. The predicted molar refractivity (Wildman–Crippen MR) is 96.3 cm³/mol. The lowest BCUT2D eigenvalue weighted by molar-refractivity contribution is -1.01. The van der Waals surface area contributed by atoms with Crippen molar-refractivity contribution in [3.8, 4) is 12.1 Å². The molecule has 2 aliphatic carbocycles. The third kappa shape index (κ3) is 2.49. The number of piperidine rings is 1. The molecule has 3 heteroatoms. The van der Waals surface area contributed by atoms with Crippen LogP contribution in [-0.4, -0.2) is 11.1 Å². The van der Waals surface area contributed by atoms with Crippen LogP contribution in [0.4, 0.5) is 0 Å². The highest BCUT2D eigenvalue weighted by Crippen LogP contribution is 2.47. The summed E-state index contributed by atoms with van der Waals surface area (Å²) >= 11 is 0. The Balaban J connectivity index is 1.81. The average molecular weight is 334 g/mol. The van der Waals surface area contributed by atoms with Gasteiger partial charge in [0.1, 0.15) is 18.7 Å². The maximum Gasteiger partial charge on any atom is 0.189 e. The fourth-order valence-corrected chi connectivity index (χ4v) is 6.21. The first-order chi connectivity index (χ1) is 12.2. The van der Waals surface area contributed by atoms with Crippen molar-refractivity contribution < 1.29 is 4.90 Å². The van der Waals surface area contributed by atoms with Crippen molar-refractivity contribution in [3.63, 3.8) is 0 Å². The molecular formula is C22H28N3+. The summed E-state index contributed by atoms with van der Waals surface area (Å²) in [6, 6.07) is 16.1. The molecule has 1 aromatic rings. The zero-order valence-corrected chi connectivity index (χ0v) is 15.0. The van der Waals surface area contributed by atoms with Gasteiger partial charge in [0.2, 0.25) is 0 Å². The molecule has 1 unspecified atom stereocenters. The van der Waals surface area contributed by atoms with Gasteiger partial charge >= 0.3 is 0 Å². The summed E-state index contributed by atoms with van der Waals surface area (Å²) < 4.78 is 0.